The lowest BCUT2D eigenvalue weighted by Crippen LogP contribution is -2.13. The van der Waals surface area contributed by atoms with Crippen LogP contribution in [0.5, 0.6) is 5.75 Å². The lowest BCUT2D eigenvalue weighted by molar-refractivity contribution is -0.116. The fourth-order valence-corrected chi connectivity index (χ4v) is 2.47. The van der Waals surface area contributed by atoms with Gasteiger partial charge in [0.15, 0.2) is 5.78 Å². The number of nitrogens with one attached hydrogen (secondary N) is 1. The average Bonchev–Trinajstić information content (AvgIpc) is 2.61. The van der Waals surface area contributed by atoms with Gasteiger partial charge in [-0.05, 0) is 54.8 Å². The van der Waals surface area contributed by atoms with E-state index in [1.54, 1.807) is 24.3 Å². The number of carbonyl (C=O) groups is 2. The quantitative estimate of drug-likeness (QED) is 0.702. The first kappa shape index (κ1) is 18.7. The molecule has 0 heterocycles. The summed E-state index contributed by atoms with van der Waals surface area (Å²) in [6.45, 7) is 6.72. The molecule has 1 amide bonds. The van der Waals surface area contributed by atoms with E-state index in [2.05, 4.69) is 19.2 Å². The van der Waals surface area contributed by atoms with Crippen molar-refractivity contribution in [1.82, 2.24) is 0 Å². The van der Waals surface area contributed by atoms with Crippen molar-refractivity contribution < 1.29 is 14.3 Å². The molecule has 0 spiro atoms. The zero-order valence-electron chi connectivity index (χ0n) is 15.0. The number of hydrogen-bond acceptors (Lipinski definition) is 3. The highest BCUT2D eigenvalue weighted by atomic mass is 16.5. The van der Waals surface area contributed by atoms with Crippen LogP contribution < -0.4 is 10.1 Å². The van der Waals surface area contributed by atoms with Crippen LogP contribution >= 0.6 is 0 Å². The third-order valence-corrected chi connectivity index (χ3v) is 3.90. The highest BCUT2D eigenvalue weighted by molar-refractivity contribution is 6.00. The minimum atomic E-state index is -0.153. The number of benzene rings is 2. The molecule has 0 aliphatic heterocycles. The molecule has 4 nitrogen and oxygen atoms in total. The number of rotatable bonds is 8. The number of ketones is 1. The van der Waals surface area contributed by atoms with Crippen LogP contribution in [0.15, 0.2) is 48.5 Å². The second-order valence-corrected chi connectivity index (χ2v) is 6.21. The Bertz CT molecular complexity index is 720. The van der Waals surface area contributed by atoms with Gasteiger partial charge in [-0.1, -0.05) is 26.0 Å². The maximum absolute atomic E-state index is 12.2. The maximum Gasteiger partial charge on any atom is 0.224 e. The maximum atomic E-state index is 12.2. The Morgan fingerprint density at radius 3 is 2.40 bits per heavy atom. The van der Waals surface area contributed by atoms with Gasteiger partial charge in [0.05, 0.1) is 6.61 Å². The Hall–Kier alpha value is -2.62. The summed E-state index contributed by atoms with van der Waals surface area (Å²) in [6.07, 6.45) is 0.349. The van der Waals surface area contributed by atoms with Crippen molar-refractivity contribution in [1.29, 1.82) is 0 Å². The molecule has 132 valence electrons. The van der Waals surface area contributed by atoms with Crippen LogP contribution in [0.3, 0.4) is 0 Å². The Kier molecular flexibility index (Phi) is 6.75. The first-order valence-corrected chi connectivity index (χ1v) is 8.65. The Balaban J connectivity index is 1.86. The molecule has 0 saturated heterocycles. The highest BCUT2D eigenvalue weighted by Gasteiger charge is 2.10. The lowest BCUT2D eigenvalue weighted by atomic mass is 10.0. The summed E-state index contributed by atoms with van der Waals surface area (Å²) in [5.74, 6) is 0.939. The normalized spacial score (nSPS) is 10.6. The number of amides is 1. The predicted octanol–water partition coefficient (Wildman–Crippen LogP) is 4.81. The van der Waals surface area contributed by atoms with Crippen LogP contribution in [0.25, 0.3) is 0 Å². The minimum Gasteiger partial charge on any atom is -0.494 e. The van der Waals surface area contributed by atoms with E-state index in [1.165, 1.54) is 5.56 Å². The number of carbonyl (C=O) groups excluding carboxylic acids is 2. The van der Waals surface area contributed by atoms with Crippen molar-refractivity contribution in [3.05, 3.63) is 59.7 Å². The molecule has 4 heteroatoms. The number of anilines is 1. The van der Waals surface area contributed by atoms with Gasteiger partial charge in [0.1, 0.15) is 5.75 Å². The van der Waals surface area contributed by atoms with Gasteiger partial charge < -0.3 is 10.1 Å². The van der Waals surface area contributed by atoms with Crippen molar-refractivity contribution in [2.45, 2.75) is 39.5 Å². The van der Waals surface area contributed by atoms with Crippen molar-refractivity contribution >= 4 is 17.4 Å². The first-order chi connectivity index (χ1) is 12.0. The van der Waals surface area contributed by atoms with E-state index in [1.807, 2.05) is 31.2 Å². The van der Waals surface area contributed by atoms with Crippen LogP contribution in [-0.2, 0) is 4.79 Å². The van der Waals surface area contributed by atoms with Crippen LogP contribution in [0.4, 0.5) is 5.69 Å². The topological polar surface area (TPSA) is 55.4 Å². The Morgan fingerprint density at radius 2 is 1.76 bits per heavy atom. The van der Waals surface area contributed by atoms with E-state index in [4.69, 9.17) is 4.74 Å². The summed E-state index contributed by atoms with van der Waals surface area (Å²) in [6, 6.07) is 14.8. The molecular formula is C21H25NO3. The van der Waals surface area contributed by atoms with E-state index >= 15 is 0 Å². The van der Waals surface area contributed by atoms with Gasteiger partial charge in [0.25, 0.3) is 0 Å². The molecule has 1 N–H and O–H groups in total. The number of Topliss-reactive ketones (excluding diaryl/α,β-unsaturated/α-hetero) is 1. The molecule has 2 aromatic rings. The first-order valence-electron chi connectivity index (χ1n) is 8.65. The molecule has 2 rings (SSSR count). The fraction of sp³-hybridized carbons (Fsp3) is 0.333. The summed E-state index contributed by atoms with van der Waals surface area (Å²) < 4.78 is 5.36. The van der Waals surface area contributed by atoms with Crippen LogP contribution in [0.1, 0.15) is 55.5 Å². The monoisotopic (exact) mass is 339 g/mol. The summed E-state index contributed by atoms with van der Waals surface area (Å²) in [4.78, 5) is 24.3. The number of hydrogen-bond donors (Lipinski definition) is 1. The summed E-state index contributed by atoms with van der Waals surface area (Å²) in [5.41, 5.74) is 2.53. The van der Waals surface area contributed by atoms with Gasteiger partial charge in [-0.2, -0.15) is 0 Å². The fourth-order valence-electron chi connectivity index (χ4n) is 2.47. The third kappa shape index (κ3) is 5.75. The molecule has 0 bridgehead atoms. The predicted molar refractivity (Wildman–Crippen MR) is 100 cm³/mol. The summed E-state index contributed by atoms with van der Waals surface area (Å²) >= 11 is 0. The van der Waals surface area contributed by atoms with E-state index in [-0.39, 0.29) is 24.5 Å². The lowest BCUT2D eigenvalue weighted by Gasteiger charge is -2.09. The Morgan fingerprint density at radius 1 is 1.04 bits per heavy atom. The zero-order valence-corrected chi connectivity index (χ0v) is 15.0. The standard InChI is InChI=1S/C21H25NO3/c1-4-25-19-10-8-16(9-11-19)20(23)12-13-21(24)22-18-7-5-6-17(14-18)15(2)3/h5-11,14-15H,4,12-13H2,1-3H3,(H,22,24). The molecule has 25 heavy (non-hydrogen) atoms. The Labute approximate surface area is 149 Å². The number of ether oxygens (including phenoxy) is 1. The van der Waals surface area contributed by atoms with Crippen molar-refractivity contribution in [3.63, 3.8) is 0 Å². The molecule has 0 atom stereocenters. The van der Waals surface area contributed by atoms with Crippen LogP contribution in [0, 0.1) is 0 Å². The zero-order chi connectivity index (χ0) is 18.2. The molecule has 0 radical (unpaired) electrons. The van der Waals surface area contributed by atoms with Crippen LogP contribution in [0.2, 0.25) is 0 Å². The van der Waals surface area contributed by atoms with Gasteiger partial charge >= 0.3 is 0 Å². The summed E-state index contributed by atoms with van der Waals surface area (Å²) in [7, 11) is 0. The third-order valence-electron chi connectivity index (χ3n) is 3.90. The van der Waals surface area contributed by atoms with Crippen molar-refractivity contribution in [3.8, 4) is 5.75 Å². The van der Waals surface area contributed by atoms with Crippen LogP contribution in [-0.4, -0.2) is 18.3 Å². The average molecular weight is 339 g/mol. The van der Waals surface area contributed by atoms with Gasteiger partial charge in [-0.25, -0.2) is 0 Å². The molecule has 0 saturated carbocycles. The molecule has 0 unspecified atom stereocenters. The second kappa shape index (κ2) is 9.02. The smallest absolute Gasteiger partial charge is 0.224 e. The van der Waals surface area contributed by atoms with Crippen molar-refractivity contribution in [2.75, 3.05) is 11.9 Å². The molecule has 0 aromatic heterocycles. The highest BCUT2D eigenvalue weighted by Crippen LogP contribution is 2.19. The molecule has 2 aromatic carbocycles. The van der Waals surface area contributed by atoms with Gasteiger partial charge in [0, 0.05) is 24.1 Å². The van der Waals surface area contributed by atoms with E-state index in [0.717, 1.165) is 11.4 Å². The van der Waals surface area contributed by atoms with E-state index < -0.39 is 0 Å². The summed E-state index contributed by atoms with van der Waals surface area (Å²) in [5, 5.41) is 2.86. The van der Waals surface area contributed by atoms with Gasteiger partial charge in [0.2, 0.25) is 5.91 Å². The molecule has 0 aliphatic carbocycles. The molecule has 0 aliphatic rings. The van der Waals surface area contributed by atoms with E-state index in [9.17, 15) is 9.59 Å². The van der Waals surface area contributed by atoms with Gasteiger partial charge in [-0.3, -0.25) is 9.59 Å². The largest absolute Gasteiger partial charge is 0.494 e. The van der Waals surface area contributed by atoms with Crippen molar-refractivity contribution in [2.24, 2.45) is 0 Å². The molecule has 0 fully saturated rings. The minimum absolute atomic E-state index is 0.0471. The van der Waals surface area contributed by atoms with E-state index in [0.29, 0.717) is 18.1 Å². The molecular weight excluding hydrogens is 314 g/mol. The second-order valence-electron chi connectivity index (χ2n) is 6.21. The SMILES string of the molecule is CCOc1ccc(C(=O)CCC(=O)Nc2cccc(C(C)C)c2)cc1. The van der Waals surface area contributed by atoms with Gasteiger partial charge in [-0.15, -0.1) is 0 Å².